The second-order valence-electron chi connectivity index (χ2n) is 11.3. The number of likely N-dealkylation sites (tertiary alicyclic amines) is 1. The van der Waals surface area contributed by atoms with Crippen molar-refractivity contribution in [2.45, 2.75) is 32.4 Å². The summed E-state index contributed by atoms with van der Waals surface area (Å²) in [5.74, 6) is 3.48. The van der Waals surface area contributed by atoms with Crippen molar-refractivity contribution in [2.24, 2.45) is 0 Å². The Kier molecular flexibility index (Phi) is 7.58. The summed E-state index contributed by atoms with van der Waals surface area (Å²) in [6, 6.07) is 13.4. The first-order valence-electron chi connectivity index (χ1n) is 15.0. The molecule has 0 atom stereocenters. The molecule has 0 saturated carbocycles. The van der Waals surface area contributed by atoms with E-state index in [1.807, 2.05) is 27.7 Å². The van der Waals surface area contributed by atoms with Crippen LogP contribution in [-0.2, 0) is 24.3 Å². The van der Waals surface area contributed by atoms with Crippen molar-refractivity contribution >= 4 is 28.8 Å². The molecule has 2 aromatic heterocycles. The normalized spacial score (nSPS) is 16.9. The number of phenolic OH excluding ortho intramolecular Hbond substituents is 1. The molecule has 2 saturated heterocycles. The summed E-state index contributed by atoms with van der Waals surface area (Å²) in [5.41, 5.74) is 3.82. The van der Waals surface area contributed by atoms with Crippen LogP contribution in [0.5, 0.6) is 17.2 Å². The molecule has 2 N–H and O–H groups in total. The number of rotatable bonds is 10. The standard InChI is InChI=1S/C31H36N8O4/c40-24-6-3-22(4-7-24)9-10-32-29-28-30(39(20-33-28)17-16-37-11-1-2-27(37)41)35-31(34-29)38-14-12-36(13-15-38)19-23-5-8-25-26(18-23)43-21-42-25/h3-8,18,20,40H,1-2,9-17,19,21H2,(H,32,34,35). The van der Waals surface area contributed by atoms with E-state index in [2.05, 4.69) is 32.2 Å². The van der Waals surface area contributed by atoms with E-state index < -0.39 is 0 Å². The number of benzene rings is 2. The zero-order valence-corrected chi connectivity index (χ0v) is 24.1. The number of aromatic nitrogens is 4. The third kappa shape index (κ3) is 6.00. The highest BCUT2D eigenvalue weighted by Gasteiger charge is 2.24. The second-order valence-corrected chi connectivity index (χ2v) is 11.3. The predicted octanol–water partition coefficient (Wildman–Crippen LogP) is 2.86. The highest BCUT2D eigenvalue weighted by atomic mass is 16.7. The summed E-state index contributed by atoms with van der Waals surface area (Å²) in [7, 11) is 0. The van der Waals surface area contributed by atoms with Crippen LogP contribution in [0.3, 0.4) is 0 Å². The fraction of sp³-hybridized carbons (Fsp3) is 0.419. The van der Waals surface area contributed by atoms with Crippen LogP contribution >= 0.6 is 0 Å². The third-order valence-electron chi connectivity index (χ3n) is 8.38. The highest BCUT2D eigenvalue weighted by molar-refractivity contribution is 5.84. The summed E-state index contributed by atoms with van der Waals surface area (Å²) < 4.78 is 13.0. The number of phenols is 1. The van der Waals surface area contributed by atoms with Gasteiger partial charge in [-0.05, 0) is 48.2 Å². The number of hydrogen-bond donors (Lipinski definition) is 2. The summed E-state index contributed by atoms with van der Waals surface area (Å²) in [6.07, 6.45) is 4.13. The van der Waals surface area contributed by atoms with Gasteiger partial charge >= 0.3 is 0 Å². The molecule has 5 heterocycles. The Morgan fingerprint density at radius 2 is 1.72 bits per heavy atom. The van der Waals surface area contributed by atoms with E-state index >= 15 is 0 Å². The number of nitrogens with one attached hydrogen (secondary N) is 1. The lowest BCUT2D eigenvalue weighted by atomic mass is 10.1. The fourth-order valence-corrected chi connectivity index (χ4v) is 5.92. The summed E-state index contributed by atoms with van der Waals surface area (Å²) in [5, 5.41) is 13.1. The number of aromatic hydroxyl groups is 1. The van der Waals surface area contributed by atoms with Crippen LogP contribution in [0, 0.1) is 0 Å². The van der Waals surface area contributed by atoms with Crippen molar-refractivity contribution in [3.63, 3.8) is 0 Å². The molecule has 0 radical (unpaired) electrons. The predicted molar refractivity (Wildman–Crippen MR) is 161 cm³/mol. The van der Waals surface area contributed by atoms with Crippen LogP contribution in [0.15, 0.2) is 48.8 Å². The van der Waals surface area contributed by atoms with Gasteiger partial charge in [0.05, 0.1) is 6.33 Å². The van der Waals surface area contributed by atoms with Gasteiger partial charge in [-0.25, -0.2) is 4.98 Å². The minimum Gasteiger partial charge on any atom is -0.508 e. The monoisotopic (exact) mass is 584 g/mol. The molecule has 12 nitrogen and oxygen atoms in total. The van der Waals surface area contributed by atoms with E-state index in [1.165, 1.54) is 5.56 Å². The highest BCUT2D eigenvalue weighted by Crippen LogP contribution is 2.33. The lowest BCUT2D eigenvalue weighted by molar-refractivity contribution is -0.127. The van der Waals surface area contributed by atoms with Gasteiger partial charge in [0.1, 0.15) is 5.75 Å². The first kappa shape index (κ1) is 27.3. The smallest absolute Gasteiger partial charge is 0.231 e. The zero-order chi connectivity index (χ0) is 29.2. The van der Waals surface area contributed by atoms with Crippen molar-refractivity contribution in [2.75, 3.05) is 62.8 Å². The maximum atomic E-state index is 12.2. The van der Waals surface area contributed by atoms with Gasteiger partial charge in [0.25, 0.3) is 0 Å². The number of ether oxygens (including phenoxy) is 2. The third-order valence-corrected chi connectivity index (χ3v) is 8.38. The number of anilines is 2. The van der Waals surface area contributed by atoms with E-state index in [-0.39, 0.29) is 18.4 Å². The number of nitrogens with zero attached hydrogens (tertiary/aromatic N) is 7. The van der Waals surface area contributed by atoms with Crippen molar-refractivity contribution in [3.05, 3.63) is 59.9 Å². The molecule has 1 amide bonds. The average Bonchev–Trinajstić information content (AvgIpc) is 3.77. The largest absolute Gasteiger partial charge is 0.508 e. The lowest BCUT2D eigenvalue weighted by Gasteiger charge is -2.34. The Hall–Kier alpha value is -4.58. The van der Waals surface area contributed by atoms with Crippen LogP contribution in [0.4, 0.5) is 11.8 Å². The maximum Gasteiger partial charge on any atom is 0.231 e. The molecule has 0 aliphatic carbocycles. The number of carbonyl (C=O) groups is 1. The molecule has 7 rings (SSSR count). The Morgan fingerprint density at radius 1 is 0.907 bits per heavy atom. The molecule has 2 aromatic carbocycles. The van der Waals surface area contributed by atoms with Crippen molar-refractivity contribution < 1.29 is 19.4 Å². The van der Waals surface area contributed by atoms with Gasteiger partial charge in [-0.1, -0.05) is 18.2 Å². The Labute approximate surface area is 249 Å². The summed E-state index contributed by atoms with van der Waals surface area (Å²) in [6.45, 7) is 7.26. The van der Waals surface area contributed by atoms with E-state index in [9.17, 15) is 9.90 Å². The summed E-state index contributed by atoms with van der Waals surface area (Å²) in [4.78, 5) is 33.4. The minimum atomic E-state index is 0.218. The molecule has 224 valence electrons. The van der Waals surface area contributed by atoms with E-state index in [0.717, 1.165) is 80.3 Å². The molecule has 2 fully saturated rings. The minimum absolute atomic E-state index is 0.218. The second kappa shape index (κ2) is 12.0. The fourth-order valence-electron chi connectivity index (χ4n) is 5.92. The lowest BCUT2D eigenvalue weighted by Crippen LogP contribution is -2.46. The Bertz CT molecular complexity index is 1600. The number of hydrogen-bond acceptors (Lipinski definition) is 10. The van der Waals surface area contributed by atoms with E-state index in [0.29, 0.717) is 37.8 Å². The number of amides is 1. The molecule has 4 aromatic rings. The van der Waals surface area contributed by atoms with Crippen LogP contribution in [0.2, 0.25) is 0 Å². The van der Waals surface area contributed by atoms with Crippen LogP contribution < -0.4 is 19.7 Å². The number of piperazine rings is 1. The molecule has 0 spiro atoms. The van der Waals surface area contributed by atoms with Gasteiger partial charge in [0, 0.05) is 65.3 Å². The number of fused-ring (bicyclic) bond motifs is 2. The maximum absolute atomic E-state index is 12.2. The van der Waals surface area contributed by atoms with Gasteiger partial charge in [0.2, 0.25) is 18.6 Å². The van der Waals surface area contributed by atoms with Crippen LogP contribution in [-0.4, -0.2) is 92.9 Å². The summed E-state index contributed by atoms with van der Waals surface area (Å²) >= 11 is 0. The zero-order valence-electron chi connectivity index (χ0n) is 24.1. The van der Waals surface area contributed by atoms with Crippen molar-refractivity contribution in [3.8, 4) is 17.2 Å². The SMILES string of the molecule is O=C1CCCN1CCn1cnc2c(NCCc3ccc(O)cc3)nc(N3CCN(Cc4ccc5c(c4)OCO5)CC3)nc21. The van der Waals surface area contributed by atoms with Crippen LogP contribution in [0.25, 0.3) is 11.2 Å². The molecule has 3 aliphatic heterocycles. The first-order valence-corrected chi connectivity index (χ1v) is 15.0. The number of imidazole rings is 1. The molecular weight excluding hydrogens is 548 g/mol. The first-order chi connectivity index (χ1) is 21.1. The van der Waals surface area contributed by atoms with Gasteiger partial charge < -0.3 is 34.3 Å². The topological polar surface area (TPSA) is 121 Å². The van der Waals surface area contributed by atoms with E-state index in [1.54, 1.807) is 18.5 Å². The van der Waals surface area contributed by atoms with Crippen LogP contribution in [0.1, 0.15) is 24.0 Å². The molecule has 43 heavy (non-hydrogen) atoms. The molecular formula is C31H36N8O4. The average molecular weight is 585 g/mol. The van der Waals surface area contributed by atoms with Gasteiger partial charge in [-0.2, -0.15) is 9.97 Å². The molecule has 0 unspecified atom stereocenters. The van der Waals surface area contributed by atoms with Crippen molar-refractivity contribution in [1.82, 2.24) is 29.3 Å². The Morgan fingerprint density at radius 3 is 2.53 bits per heavy atom. The molecule has 3 aliphatic rings. The Balaban J connectivity index is 1.07. The molecule has 0 bridgehead atoms. The van der Waals surface area contributed by atoms with Gasteiger partial charge in [-0.3, -0.25) is 9.69 Å². The van der Waals surface area contributed by atoms with E-state index in [4.69, 9.17) is 19.4 Å². The van der Waals surface area contributed by atoms with Gasteiger partial charge in [-0.15, -0.1) is 0 Å². The van der Waals surface area contributed by atoms with Gasteiger partial charge in [0.15, 0.2) is 28.5 Å². The quantitative estimate of drug-likeness (QED) is 0.288. The number of carbonyl (C=O) groups excluding carboxylic acids is 1. The van der Waals surface area contributed by atoms with Crippen molar-refractivity contribution in [1.29, 1.82) is 0 Å². The molecule has 12 heteroatoms.